The molecule has 8 heteroatoms. The van der Waals surface area contributed by atoms with Gasteiger partial charge in [0.25, 0.3) is 0 Å². The molecular formula is C25H22ClN3O3S. The molecule has 1 N–H and O–H groups in total. The summed E-state index contributed by atoms with van der Waals surface area (Å²) in [4.78, 5) is 32.4. The molecule has 168 valence electrons. The van der Waals surface area contributed by atoms with Crippen LogP contribution in [-0.2, 0) is 16.1 Å². The molecule has 3 aromatic rings. The number of hydrogen-bond donors (Lipinski definition) is 1. The minimum absolute atomic E-state index is 0.0713. The third-order valence-corrected chi connectivity index (χ3v) is 6.41. The second kappa shape index (κ2) is 10.6. The average molecular weight is 480 g/mol. The molecule has 3 aromatic carbocycles. The lowest BCUT2D eigenvalue weighted by atomic mass is 10.2. The van der Waals surface area contributed by atoms with Crippen LogP contribution in [0.3, 0.4) is 0 Å². The number of aliphatic imine (C=N–C) groups is 1. The third kappa shape index (κ3) is 5.94. The molecule has 0 aliphatic carbocycles. The van der Waals surface area contributed by atoms with E-state index >= 15 is 0 Å². The molecule has 1 saturated heterocycles. The first-order valence-electron chi connectivity index (χ1n) is 10.3. The first-order valence-corrected chi connectivity index (χ1v) is 11.6. The van der Waals surface area contributed by atoms with E-state index in [9.17, 15) is 9.59 Å². The second-order valence-corrected chi connectivity index (χ2v) is 8.98. The van der Waals surface area contributed by atoms with E-state index in [-0.39, 0.29) is 18.2 Å². The predicted octanol–water partition coefficient (Wildman–Crippen LogP) is 5.51. The van der Waals surface area contributed by atoms with E-state index in [2.05, 4.69) is 10.3 Å². The molecule has 2 amide bonds. The van der Waals surface area contributed by atoms with Crippen LogP contribution in [0.15, 0.2) is 83.9 Å². The molecule has 0 spiro atoms. The molecular weight excluding hydrogens is 458 g/mol. The predicted molar refractivity (Wildman–Crippen MR) is 133 cm³/mol. The van der Waals surface area contributed by atoms with Crippen molar-refractivity contribution in [1.82, 2.24) is 4.90 Å². The molecule has 1 heterocycles. The fourth-order valence-electron chi connectivity index (χ4n) is 3.34. The Labute approximate surface area is 201 Å². The van der Waals surface area contributed by atoms with Crippen LogP contribution >= 0.6 is 23.4 Å². The Kier molecular flexibility index (Phi) is 7.32. The van der Waals surface area contributed by atoms with Crippen LogP contribution in [0, 0.1) is 0 Å². The molecule has 33 heavy (non-hydrogen) atoms. The molecule has 1 unspecified atom stereocenters. The Balaban J connectivity index is 1.59. The van der Waals surface area contributed by atoms with E-state index in [1.54, 1.807) is 54.5 Å². The highest BCUT2D eigenvalue weighted by molar-refractivity contribution is 8.15. The Morgan fingerprint density at radius 1 is 1.12 bits per heavy atom. The molecule has 0 radical (unpaired) electrons. The number of benzene rings is 3. The van der Waals surface area contributed by atoms with Crippen LogP contribution in [-0.4, -0.2) is 34.2 Å². The summed E-state index contributed by atoms with van der Waals surface area (Å²) in [6.45, 7) is 0.371. The highest BCUT2D eigenvalue weighted by atomic mass is 35.5. The lowest BCUT2D eigenvalue weighted by Crippen LogP contribution is -2.44. The smallest absolute Gasteiger partial charge is 0.238 e. The second-order valence-electron chi connectivity index (χ2n) is 7.37. The van der Waals surface area contributed by atoms with Gasteiger partial charge in [0, 0.05) is 23.2 Å². The van der Waals surface area contributed by atoms with Gasteiger partial charge in [0.05, 0.1) is 19.3 Å². The molecule has 6 nitrogen and oxygen atoms in total. The molecule has 1 aliphatic heterocycles. The number of amides is 2. The number of nitrogens with zero attached hydrogens (tertiary/aromatic N) is 2. The van der Waals surface area contributed by atoms with Gasteiger partial charge in [-0.15, -0.1) is 0 Å². The molecule has 0 aromatic heterocycles. The Bertz CT molecular complexity index is 1190. The fraction of sp³-hybridized carbons (Fsp3) is 0.160. The number of halogens is 1. The summed E-state index contributed by atoms with van der Waals surface area (Å²) in [6, 6.07) is 23.9. The van der Waals surface area contributed by atoms with E-state index in [1.807, 2.05) is 36.4 Å². The van der Waals surface area contributed by atoms with Crippen molar-refractivity contribution in [2.24, 2.45) is 4.99 Å². The van der Waals surface area contributed by atoms with E-state index in [1.165, 1.54) is 11.8 Å². The highest BCUT2D eigenvalue weighted by Gasteiger charge is 2.36. The minimum atomic E-state index is -0.617. The van der Waals surface area contributed by atoms with Crippen molar-refractivity contribution < 1.29 is 14.3 Å². The van der Waals surface area contributed by atoms with Gasteiger partial charge < -0.3 is 10.1 Å². The van der Waals surface area contributed by atoms with Crippen molar-refractivity contribution in [2.45, 2.75) is 18.2 Å². The fourth-order valence-corrected chi connectivity index (χ4v) is 4.63. The lowest BCUT2D eigenvalue weighted by molar-refractivity contribution is -0.129. The summed E-state index contributed by atoms with van der Waals surface area (Å²) < 4.78 is 5.22. The van der Waals surface area contributed by atoms with Crippen LogP contribution in [0.5, 0.6) is 5.75 Å². The zero-order valence-electron chi connectivity index (χ0n) is 17.9. The molecule has 4 rings (SSSR count). The van der Waals surface area contributed by atoms with Gasteiger partial charge in [0.2, 0.25) is 11.8 Å². The SMILES string of the molecule is COc1cccc(NC(=O)C2CC(=O)N(Cc3ccccc3)C(=Nc3cccc(Cl)c3)S2)c1. The van der Waals surface area contributed by atoms with Gasteiger partial charge in [-0.25, -0.2) is 4.99 Å². The monoisotopic (exact) mass is 479 g/mol. The number of amidine groups is 1. The van der Waals surface area contributed by atoms with Crippen LogP contribution in [0.2, 0.25) is 5.02 Å². The van der Waals surface area contributed by atoms with Crippen molar-refractivity contribution in [3.8, 4) is 5.75 Å². The topological polar surface area (TPSA) is 71.0 Å². The quantitative estimate of drug-likeness (QED) is 0.506. The van der Waals surface area contributed by atoms with Gasteiger partial charge in [0.1, 0.15) is 11.0 Å². The van der Waals surface area contributed by atoms with Crippen LogP contribution in [0.1, 0.15) is 12.0 Å². The van der Waals surface area contributed by atoms with Crippen LogP contribution in [0.4, 0.5) is 11.4 Å². The molecule has 1 fully saturated rings. The lowest BCUT2D eigenvalue weighted by Gasteiger charge is -2.32. The number of carbonyl (C=O) groups is 2. The maximum Gasteiger partial charge on any atom is 0.238 e. The number of carbonyl (C=O) groups excluding carboxylic acids is 2. The zero-order chi connectivity index (χ0) is 23.2. The summed E-state index contributed by atoms with van der Waals surface area (Å²) in [6.07, 6.45) is 0.0713. The number of rotatable bonds is 6. The van der Waals surface area contributed by atoms with Gasteiger partial charge in [-0.1, -0.05) is 65.8 Å². The zero-order valence-corrected chi connectivity index (χ0v) is 19.5. The molecule has 0 saturated carbocycles. The minimum Gasteiger partial charge on any atom is -0.497 e. The van der Waals surface area contributed by atoms with Crippen molar-refractivity contribution >= 4 is 51.7 Å². The van der Waals surface area contributed by atoms with Crippen molar-refractivity contribution in [3.63, 3.8) is 0 Å². The van der Waals surface area contributed by atoms with Gasteiger partial charge in [0.15, 0.2) is 5.17 Å². The van der Waals surface area contributed by atoms with Crippen LogP contribution in [0.25, 0.3) is 0 Å². The number of methoxy groups -OCH3 is 1. The van der Waals surface area contributed by atoms with Gasteiger partial charge in [-0.3, -0.25) is 14.5 Å². The maximum atomic E-state index is 13.1. The maximum absolute atomic E-state index is 13.1. The number of hydrogen-bond acceptors (Lipinski definition) is 5. The molecule has 1 atom stereocenters. The van der Waals surface area contributed by atoms with E-state index < -0.39 is 5.25 Å². The third-order valence-electron chi connectivity index (χ3n) is 4.99. The molecule has 1 aliphatic rings. The summed E-state index contributed by atoms with van der Waals surface area (Å²) in [5, 5.41) is 3.27. The first kappa shape index (κ1) is 22.9. The van der Waals surface area contributed by atoms with Crippen LogP contribution < -0.4 is 10.1 Å². The summed E-state index contributed by atoms with van der Waals surface area (Å²) in [5.41, 5.74) is 2.20. The highest BCUT2D eigenvalue weighted by Crippen LogP contribution is 2.31. The standard InChI is InChI=1S/C25H22ClN3O3S/c1-32-21-12-6-11-20(14-21)27-24(31)22-15-23(30)29(16-17-7-3-2-4-8-17)25(33-22)28-19-10-5-9-18(26)13-19/h2-14,22H,15-16H2,1H3,(H,27,31). The van der Waals surface area contributed by atoms with E-state index in [0.29, 0.717) is 33.9 Å². The summed E-state index contributed by atoms with van der Waals surface area (Å²) in [5.74, 6) is 0.210. The Morgan fingerprint density at radius 2 is 1.91 bits per heavy atom. The number of anilines is 1. The summed E-state index contributed by atoms with van der Waals surface area (Å²) in [7, 11) is 1.57. The van der Waals surface area contributed by atoms with E-state index in [0.717, 1.165) is 5.56 Å². The Morgan fingerprint density at radius 3 is 2.67 bits per heavy atom. The van der Waals surface area contributed by atoms with Gasteiger partial charge in [-0.05, 0) is 35.9 Å². The van der Waals surface area contributed by atoms with Crippen molar-refractivity contribution in [1.29, 1.82) is 0 Å². The number of thioether (sulfide) groups is 1. The van der Waals surface area contributed by atoms with E-state index in [4.69, 9.17) is 16.3 Å². The van der Waals surface area contributed by atoms with Gasteiger partial charge in [-0.2, -0.15) is 0 Å². The molecule has 0 bridgehead atoms. The Hall–Kier alpha value is -3.29. The first-order chi connectivity index (χ1) is 16.0. The normalized spacial score (nSPS) is 17.2. The summed E-state index contributed by atoms with van der Waals surface area (Å²) >= 11 is 7.39. The van der Waals surface area contributed by atoms with Crippen molar-refractivity contribution in [3.05, 3.63) is 89.4 Å². The van der Waals surface area contributed by atoms with Crippen molar-refractivity contribution in [2.75, 3.05) is 12.4 Å². The largest absolute Gasteiger partial charge is 0.497 e. The average Bonchev–Trinajstić information content (AvgIpc) is 2.82. The number of ether oxygens (including phenoxy) is 1. The van der Waals surface area contributed by atoms with Gasteiger partial charge >= 0.3 is 0 Å². The number of nitrogens with one attached hydrogen (secondary N) is 1.